The van der Waals surface area contributed by atoms with Gasteiger partial charge >= 0.3 is 0 Å². The monoisotopic (exact) mass is 431 g/mol. The quantitative estimate of drug-likeness (QED) is 0.530. The number of hydrogen-bond donors (Lipinski definition) is 3. The minimum absolute atomic E-state index is 0.0466. The van der Waals surface area contributed by atoms with Crippen molar-refractivity contribution in [3.8, 4) is 0 Å². The molecule has 0 aliphatic rings. The maximum Gasteiger partial charge on any atom is 0.270 e. The van der Waals surface area contributed by atoms with E-state index in [2.05, 4.69) is 23.5 Å². The summed E-state index contributed by atoms with van der Waals surface area (Å²) in [7, 11) is 0. The summed E-state index contributed by atoms with van der Waals surface area (Å²) in [6.07, 6.45) is 1.41. The summed E-state index contributed by atoms with van der Waals surface area (Å²) in [5.41, 5.74) is 12.1. The predicted molar refractivity (Wildman–Crippen MR) is 118 cm³/mol. The van der Waals surface area contributed by atoms with Crippen LogP contribution in [0.2, 0.25) is 0 Å². The molecule has 2 rings (SSSR count). The van der Waals surface area contributed by atoms with Crippen LogP contribution in [0, 0.1) is 5.92 Å². The fourth-order valence-electron chi connectivity index (χ4n) is 2.90. The van der Waals surface area contributed by atoms with Crippen LogP contribution in [0.25, 0.3) is 0 Å². The van der Waals surface area contributed by atoms with Gasteiger partial charge in [-0.05, 0) is 42.8 Å². The largest absolute Gasteiger partial charge is 0.395 e. The molecule has 3 amide bonds. The van der Waals surface area contributed by atoms with E-state index in [0.29, 0.717) is 25.4 Å². The molecular weight excluding hydrogens is 402 g/mol. The molecule has 5 N–H and O–H groups in total. The van der Waals surface area contributed by atoms with E-state index in [1.165, 1.54) is 4.90 Å². The van der Waals surface area contributed by atoms with Crippen molar-refractivity contribution in [3.05, 3.63) is 46.5 Å². The summed E-state index contributed by atoms with van der Waals surface area (Å²) in [6.45, 7) is 6.68. The van der Waals surface area contributed by atoms with E-state index in [1.54, 1.807) is 6.92 Å². The molecule has 1 aromatic heterocycles. The lowest BCUT2D eigenvalue weighted by atomic mass is 10.1. The Balaban J connectivity index is 2.22. The number of benzene rings is 1. The zero-order chi connectivity index (χ0) is 22.3. The average molecular weight is 432 g/mol. The SMILES string of the molecule is CC(C)CCNC(=O)[C@@H](C)N(CCc1ccccc1)C(=O)c1snc(C(N)=O)c1N. The molecule has 0 fully saturated rings. The molecular formula is C21H29N5O3S. The van der Waals surface area contributed by atoms with E-state index in [0.717, 1.165) is 23.5 Å². The average Bonchev–Trinajstić information content (AvgIpc) is 3.09. The highest BCUT2D eigenvalue weighted by Gasteiger charge is 2.30. The third-order valence-electron chi connectivity index (χ3n) is 4.77. The van der Waals surface area contributed by atoms with Gasteiger partial charge in [-0.1, -0.05) is 44.2 Å². The van der Waals surface area contributed by atoms with Crippen molar-refractivity contribution in [2.24, 2.45) is 11.7 Å². The van der Waals surface area contributed by atoms with Crippen LogP contribution in [0.4, 0.5) is 5.69 Å². The molecule has 2 aromatic rings. The van der Waals surface area contributed by atoms with E-state index >= 15 is 0 Å². The van der Waals surface area contributed by atoms with Gasteiger partial charge in [0, 0.05) is 13.1 Å². The first-order valence-electron chi connectivity index (χ1n) is 9.89. The number of hydrogen-bond acceptors (Lipinski definition) is 6. The zero-order valence-electron chi connectivity index (χ0n) is 17.6. The van der Waals surface area contributed by atoms with Gasteiger partial charge in [0.15, 0.2) is 5.69 Å². The maximum atomic E-state index is 13.2. The first-order chi connectivity index (χ1) is 14.2. The van der Waals surface area contributed by atoms with Crippen molar-refractivity contribution in [3.63, 3.8) is 0 Å². The third-order valence-corrected chi connectivity index (χ3v) is 5.62. The molecule has 0 unspecified atom stereocenters. The number of anilines is 1. The molecule has 162 valence electrons. The first-order valence-corrected chi connectivity index (χ1v) is 10.7. The van der Waals surface area contributed by atoms with Gasteiger partial charge in [0.05, 0.1) is 5.69 Å². The molecule has 0 aliphatic heterocycles. The van der Waals surface area contributed by atoms with Crippen molar-refractivity contribution >= 4 is 34.9 Å². The molecule has 0 spiro atoms. The highest BCUT2D eigenvalue weighted by Crippen LogP contribution is 2.24. The molecule has 0 saturated carbocycles. The minimum Gasteiger partial charge on any atom is -0.395 e. The molecule has 1 aromatic carbocycles. The number of primary amides is 1. The van der Waals surface area contributed by atoms with Crippen molar-refractivity contribution in [2.45, 2.75) is 39.7 Å². The van der Waals surface area contributed by atoms with Crippen LogP contribution in [0.15, 0.2) is 30.3 Å². The van der Waals surface area contributed by atoms with E-state index in [4.69, 9.17) is 11.5 Å². The summed E-state index contributed by atoms with van der Waals surface area (Å²) in [6, 6.07) is 8.96. The molecule has 0 saturated heterocycles. The summed E-state index contributed by atoms with van der Waals surface area (Å²) in [5.74, 6) is -1.02. The third kappa shape index (κ3) is 6.03. The number of nitrogens with zero attached hydrogens (tertiary/aromatic N) is 2. The van der Waals surface area contributed by atoms with Crippen LogP contribution in [-0.2, 0) is 11.2 Å². The Morgan fingerprint density at radius 2 is 1.83 bits per heavy atom. The predicted octanol–water partition coefficient (Wildman–Crippen LogP) is 2.06. The lowest BCUT2D eigenvalue weighted by Crippen LogP contribution is -2.49. The van der Waals surface area contributed by atoms with E-state index in [9.17, 15) is 14.4 Å². The lowest BCUT2D eigenvalue weighted by molar-refractivity contribution is -0.125. The van der Waals surface area contributed by atoms with Gasteiger partial charge in [0.1, 0.15) is 10.9 Å². The van der Waals surface area contributed by atoms with Gasteiger partial charge in [0.2, 0.25) is 5.91 Å². The van der Waals surface area contributed by atoms with Crippen LogP contribution < -0.4 is 16.8 Å². The van der Waals surface area contributed by atoms with Gasteiger partial charge in [-0.3, -0.25) is 14.4 Å². The Morgan fingerprint density at radius 3 is 2.40 bits per heavy atom. The zero-order valence-corrected chi connectivity index (χ0v) is 18.4. The fraction of sp³-hybridized carbons (Fsp3) is 0.429. The van der Waals surface area contributed by atoms with Crippen LogP contribution in [0.5, 0.6) is 0 Å². The van der Waals surface area contributed by atoms with Crippen LogP contribution >= 0.6 is 11.5 Å². The van der Waals surface area contributed by atoms with E-state index < -0.39 is 17.9 Å². The van der Waals surface area contributed by atoms with Gasteiger partial charge < -0.3 is 21.7 Å². The Labute approximate surface area is 180 Å². The standard InChI is InChI=1S/C21H29N5O3S/c1-13(2)9-11-24-20(28)14(3)26(12-10-15-7-5-4-6-8-15)21(29)18-16(22)17(19(23)27)25-30-18/h4-8,13-14H,9-12,22H2,1-3H3,(H2,23,27)(H,24,28)/t14-/m1/s1. The first kappa shape index (κ1) is 23.3. The number of amides is 3. The normalized spacial score (nSPS) is 11.9. The van der Waals surface area contributed by atoms with Crippen molar-refractivity contribution in [2.75, 3.05) is 18.8 Å². The fourth-order valence-corrected chi connectivity index (χ4v) is 3.66. The number of aromatic nitrogens is 1. The maximum absolute atomic E-state index is 13.2. The molecule has 8 nitrogen and oxygen atoms in total. The Bertz CT molecular complexity index is 882. The molecule has 9 heteroatoms. The molecule has 30 heavy (non-hydrogen) atoms. The lowest BCUT2D eigenvalue weighted by Gasteiger charge is -2.28. The van der Waals surface area contributed by atoms with Gasteiger partial charge in [0.25, 0.3) is 11.8 Å². The molecule has 1 atom stereocenters. The smallest absolute Gasteiger partial charge is 0.270 e. The number of rotatable bonds is 10. The van der Waals surface area contributed by atoms with Gasteiger partial charge in [-0.2, -0.15) is 4.37 Å². The van der Waals surface area contributed by atoms with Gasteiger partial charge in [-0.15, -0.1) is 0 Å². The summed E-state index contributed by atoms with van der Waals surface area (Å²) in [5, 5.41) is 2.89. The second kappa shape index (κ2) is 10.7. The van der Waals surface area contributed by atoms with E-state index in [1.807, 2.05) is 30.3 Å². The number of nitrogen functional groups attached to an aromatic ring is 1. The number of nitrogens with two attached hydrogens (primary N) is 2. The van der Waals surface area contributed by atoms with Crippen LogP contribution in [0.1, 0.15) is 52.9 Å². The van der Waals surface area contributed by atoms with Crippen molar-refractivity contribution < 1.29 is 14.4 Å². The molecule has 0 aliphatic carbocycles. The number of carbonyl (C=O) groups is 3. The van der Waals surface area contributed by atoms with E-state index in [-0.39, 0.29) is 22.2 Å². The van der Waals surface area contributed by atoms with Crippen molar-refractivity contribution in [1.29, 1.82) is 0 Å². The Morgan fingerprint density at radius 1 is 1.17 bits per heavy atom. The van der Waals surface area contributed by atoms with Crippen molar-refractivity contribution in [1.82, 2.24) is 14.6 Å². The second-order valence-corrected chi connectivity index (χ2v) is 8.30. The highest BCUT2D eigenvalue weighted by molar-refractivity contribution is 7.09. The Kier molecular flexibility index (Phi) is 8.35. The molecule has 1 heterocycles. The molecule has 0 radical (unpaired) electrons. The summed E-state index contributed by atoms with van der Waals surface area (Å²) in [4.78, 5) is 38.9. The van der Waals surface area contributed by atoms with Crippen LogP contribution in [0.3, 0.4) is 0 Å². The Hall–Kier alpha value is -2.94. The number of carbonyl (C=O) groups excluding carboxylic acids is 3. The number of nitrogens with one attached hydrogen (secondary N) is 1. The second-order valence-electron chi connectivity index (χ2n) is 7.52. The summed E-state index contributed by atoms with van der Waals surface area (Å²) < 4.78 is 3.90. The summed E-state index contributed by atoms with van der Waals surface area (Å²) >= 11 is 0.815. The van der Waals surface area contributed by atoms with Gasteiger partial charge in [-0.25, -0.2) is 0 Å². The topological polar surface area (TPSA) is 131 Å². The molecule has 0 bridgehead atoms. The minimum atomic E-state index is -0.793. The van der Waals surface area contributed by atoms with Crippen LogP contribution in [-0.4, -0.2) is 46.1 Å². The highest BCUT2D eigenvalue weighted by atomic mass is 32.1.